The summed E-state index contributed by atoms with van der Waals surface area (Å²) in [5.74, 6) is 1.14. The Bertz CT molecular complexity index is 574. The van der Waals surface area contributed by atoms with Gasteiger partial charge in [-0.15, -0.1) is 11.6 Å². The third-order valence-electron chi connectivity index (χ3n) is 4.53. The molecular weight excluding hydrogens is 420 g/mol. The zero-order valence-corrected chi connectivity index (χ0v) is 17.8. The standard InChI is InChI=1S/C20H31ClO9/c1-25-15-4-2-14(3-5-15)13-29-19-17(23)16(12-22)30-20(18(19)24)28-11-10-27-9-8-26-7-6-21/h2-5,16-20,22-24H,6-13H2,1H3/t16-,17+,18-,19+,20-/m1/s1. The van der Waals surface area contributed by atoms with Gasteiger partial charge < -0.3 is 43.7 Å². The van der Waals surface area contributed by atoms with Gasteiger partial charge in [-0.05, 0) is 17.7 Å². The van der Waals surface area contributed by atoms with Crippen LogP contribution in [0.4, 0.5) is 0 Å². The minimum Gasteiger partial charge on any atom is -0.497 e. The zero-order valence-electron chi connectivity index (χ0n) is 17.0. The van der Waals surface area contributed by atoms with Crippen LogP contribution in [-0.2, 0) is 30.3 Å². The van der Waals surface area contributed by atoms with E-state index in [1.807, 2.05) is 12.1 Å². The second kappa shape index (κ2) is 14.1. The van der Waals surface area contributed by atoms with E-state index in [-0.39, 0.29) is 19.8 Å². The number of methoxy groups -OCH3 is 1. The van der Waals surface area contributed by atoms with Gasteiger partial charge >= 0.3 is 0 Å². The first-order chi connectivity index (χ1) is 14.6. The second-order valence-electron chi connectivity index (χ2n) is 6.61. The van der Waals surface area contributed by atoms with Crippen molar-refractivity contribution in [3.05, 3.63) is 29.8 Å². The Morgan fingerprint density at radius 3 is 2.23 bits per heavy atom. The number of aliphatic hydroxyl groups excluding tert-OH is 3. The third kappa shape index (κ3) is 7.92. The quantitative estimate of drug-likeness (QED) is 0.272. The lowest BCUT2D eigenvalue weighted by Crippen LogP contribution is -2.60. The lowest BCUT2D eigenvalue weighted by atomic mass is 9.99. The molecule has 5 atom stereocenters. The lowest BCUT2D eigenvalue weighted by molar-refractivity contribution is -0.310. The highest BCUT2D eigenvalue weighted by Gasteiger charge is 2.45. The summed E-state index contributed by atoms with van der Waals surface area (Å²) >= 11 is 5.50. The summed E-state index contributed by atoms with van der Waals surface area (Å²) < 4.78 is 32.4. The molecule has 1 saturated heterocycles. The van der Waals surface area contributed by atoms with Crippen LogP contribution in [0.3, 0.4) is 0 Å². The van der Waals surface area contributed by atoms with E-state index >= 15 is 0 Å². The van der Waals surface area contributed by atoms with E-state index in [0.717, 1.165) is 5.56 Å². The molecule has 10 heteroatoms. The van der Waals surface area contributed by atoms with E-state index in [4.69, 9.17) is 40.0 Å². The maximum atomic E-state index is 10.6. The van der Waals surface area contributed by atoms with E-state index in [1.54, 1.807) is 19.2 Å². The number of ether oxygens (including phenoxy) is 6. The largest absolute Gasteiger partial charge is 0.497 e. The van der Waals surface area contributed by atoms with Crippen LogP contribution in [0.15, 0.2) is 24.3 Å². The molecule has 0 radical (unpaired) electrons. The smallest absolute Gasteiger partial charge is 0.186 e. The predicted molar refractivity (Wildman–Crippen MR) is 108 cm³/mol. The Morgan fingerprint density at radius 2 is 1.60 bits per heavy atom. The van der Waals surface area contributed by atoms with E-state index in [0.29, 0.717) is 31.5 Å². The van der Waals surface area contributed by atoms with Crippen LogP contribution < -0.4 is 4.74 Å². The van der Waals surface area contributed by atoms with Gasteiger partial charge in [0.05, 0.1) is 53.4 Å². The molecule has 0 bridgehead atoms. The molecule has 30 heavy (non-hydrogen) atoms. The normalized spacial score (nSPS) is 26.6. The van der Waals surface area contributed by atoms with Crippen LogP contribution in [0.2, 0.25) is 0 Å². The maximum absolute atomic E-state index is 10.6. The molecular formula is C20H31ClO9. The van der Waals surface area contributed by atoms with Crippen LogP contribution in [0.5, 0.6) is 5.75 Å². The SMILES string of the molecule is COc1ccc(CO[C@H]2[C@@H](O)[C@@H](CO)O[C@@H](OCCOCCOCCCl)[C@@H]2O)cc1. The third-order valence-corrected chi connectivity index (χ3v) is 4.68. The average molecular weight is 451 g/mol. The molecule has 1 heterocycles. The molecule has 0 saturated carbocycles. The molecule has 1 fully saturated rings. The molecule has 0 unspecified atom stereocenters. The van der Waals surface area contributed by atoms with E-state index in [9.17, 15) is 15.3 Å². The molecule has 1 aliphatic heterocycles. The van der Waals surface area contributed by atoms with Crippen molar-refractivity contribution >= 4 is 11.6 Å². The van der Waals surface area contributed by atoms with Crippen LogP contribution in [0.25, 0.3) is 0 Å². The topological polar surface area (TPSA) is 116 Å². The Labute approximate surface area is 181 Å². The van der Waals surface area contributed by atoms with Gasteiger partial charge in [0.25, 0.3) is 0 Å². The van der Waals surface area contributed by atoms with Gasteiger partial charge in [-0.3, -0.25) is 0 Å². The van der Waals surface area contributed by atoms with E-state index in [1.165, 1.54) is 0 Å². The van der Waals surface area contributed by atoms with Gasteiger partial charge in [0, 0.05) is 5.88 Å². The van der Waals surface area contributed by atoms with Gasteiger partial charge in [-0.25, -0.2) is 0 Å². The lowest BCUT2D eigenvalue weighted by Gasteiger charge is -2.41. The minimum atomic E-state index is -1.24. The predicted octanol–water partition coefficient (Wildman–Crippen LogP) is 0.308. The van der Waals surface area contributed by atoms with Gasteiger partial charge in [0.15, 0.2) is 6.29 Å². The van der Waals surface area contributed by atoms with Gasteiger partial charge in [0.2, 0.25) is 0 Å². The molecule has 172 valence electrons. The number of halogens is 1. The first-order valence-electron chi connectivity index (χ1n) is 9.80. The van der Waals surface area contributed by atoms with Crippen LogP contribution in [-0.4, -0.2) is 98.7 Å². The van der Waals surface area contributed by atoms with Crippen molar-refractivity contribution in [1.29, 1.82) is 0 Å². The van der Waals surface area contributed by atoms with Crippen molar-refractivity contribution in [2.24, 2.45) is 0 Å². The molecule has 0 spiro atoms. The highest BCUT2D eigenvalue weighted by molar-refractivity contribution is 6.17. The summed E-state index contributed by atoms with van der Waals surface area (Å²) in [6, 6.07) is 7.22. The maximum Gasteiger partial charge on any atom is 0.186 e. The van der Waals surface area contributed by atoms with Gasteiger partial charge in [-0.1, -0.05) is 12.1 Å². The summed E-state index contributed by atoms with van der Waals surface area (Å²) in [6.07, 6.45) is -5.45. The Morgan fingerprint density at radius 1 is 0.933 bits per heavy atom. The van der Waals surface area contributed by atoms with Crippen LogP contribution in [0, 0.1) is 0 Å². The van der Waals surface area contributed by atoms with Crippen LogP contribution >= 0.6 is 11.6 Å². The van der Waals surface area contributed by atoms with Gasteiger partial charge in [-0.2, -0.15) is 0 Å². The molecule has 9 nitrogen and oxygen atoms in total. The Balaban J connectivity index is 1.81. The summed E-state index contributed by atoms with van der Waals surface area (Å²) in [5, 5.41) is 30.5. The second-order valence-corrected chi connectivity index (χ2v) is 6.99. The summed E-state index contributed by atoms with van der Waals surface area (Å²) in [5.41, 5.74) is 0.837. The minimum absolute atomic E-state index is 0.149. The molecule has 0 amide bonds. The molecule has 1 aliphatic rings. The molecule has 1 aromatic rings. The summed E-state index contributed by atoms with van der Waals surface area (Å²) in [7, 11) is 1.58. The highest BCUT2D eigenvalue weighted by atomic mass is 35.5. The number of hydrogen-bond acceptors (Lipinski definition) is 9. The number of rotatable bonds is 14. The molecule has 0 aromatic heterocycles. The summed E-state index contributed by atoms with van der Waals surface area (Å²) in [4.78, 5) is 0. The number of hydrogen-bond donors (Lipinski definition) is 3. The Kier molecular flexibility index (Phi) is 11.9. The fourth-order valence-corrected chi connectivity index (χ4v) is 3.01. The molecule has 2 rings (SSSR count). The monoisotopic (exact) mass is 450 g/mol. The average Bonchev–Trinajstić information content (AvgIpc) is 2.77. The number of alkyl halides is 1. The first kappa shape index (κ1) is 25.3. The van der Waals surface area contributed by atoms with Crippen molar-refractivity contribution in [2.45, 2.75) is 37.3 Å². The van der Waals surface area contributed by atoms with Crippen LogP contribution in [0.1, 0.15) is 5.56 Å². The fourth-order valence-electron chi connectivity index (χ4n) is 2.90. The van der Waals surface area contributed by atoms with Crippen molar-refractivity contribution in [3.8, 4) is 5.75 Å². The van der Waals surface area contributed by atoms with Crippen molar-refractivity contribution in [1.82, 2.24) is 0 Å². The van der Waals surface area contributed by atoms with E-state index < -0.39 is 37.3 Å². The van der Waals surface area contributed by atoms with Crippen molar-refractivity contribution < 1.29 is 43.7 Å². The highest BCUT2D eigenvalue weighted by Crippen LogP contribution is 2.25. The Hall–Kier alpha value is -1.01. The van der Waals surface area contributed by atoms with Crippen molar-refractivity contribution in [2.75, 3.05) is 52.6 Å². The molecule has 0 aliphatic carbocycles. The molecule has 3 N–H and O–H groups in total. The van der Waals surface area contributed by atoms with Gasteiger partial charge in [0.1, 0.15) is 30.2 Å². The number of benzene rings is 1. The van der Waals surface area contributed by atoms with E-state index in [2.05, 4.69) is 0 Å². The zero-order chi connectivity index (χ0) is 21.8. The number of aliphatic hydroxyl groups is 3. The van der Waals surface area contributed by atoms with Crippen molar-refractivity contribution in [3.63, 3.8) is 0 Å². The summed E-state index contributed by atoms with van der Waals surface area (Å²) in [6.45, 7) is 1.41. The fraction of sp³-hybridized carbons (Fsp3) is 0.700. The molecule has 1 aromatic carbocycles. The first-order valence-corrected chi connectivity index (χ1v) is 10.3.